The number of benzene rings is 1. The second-order valence-corrected chi connectivity index (χ2v) is 2.91. The number of aryl methyl sites for hydroxylation is 1. The lowest BCUT2D eigenvalue weighted by molar-refractivity contribution is 0.172. The smallest absolute Gasteiger partial charge is 0.102 e. The summed E-state index contributed by atoms with van der Waals surface area (Å²) >= 11 is 0. The summed E-state index contributed by atoms with van der Waals surface area (Å²) in [5.74, 6) is 0. The van der Waals surface area contributed by atoms with Gasteiger partial charge < -0.3 is 10.8 Å². The molecule has 1 unspecified atom stereocenters. The van der Waals surface area contributed by atoms with Crippen LogP contribution in [0.15, 0.2) is 24.3 Å². The first-order valence-corrected chi connectivity index (χ1v) is 4.15. The average Bonchev–Trinajstić information content (AvgIpc) is 2.15. The molecule has 0 aromatic heterocycles. The van der Waals surface area contributed by atoms with Crippen LogP contribution in [0.3, 0.4) is 0 Å². The third kappa shape index (κ3) is 3.24. The zero-order valence-corrected chi connectivity index (χ0v) is 7.27. The molecule has 1 atom stereocenters. The van der Waals surface area contributed by atoms with Crippen molar-refractivity contribution in [3.63, 3.8) is 0 Å². The number of nitrogens with zero attached hydrogens (tertiary/aromatic N) is 1. The lowest BCUT2D eigenvalue weighted by Gasteiger charge is -2.03. The molecule has 0 bridgehead atoms. The van der Waals surface area contributed by atoms with Crippen LogP contribution in [0.25, 0.3) is 0 Å². The van der Waals surface area contributed by atoms with Crippen molar-refractivity contribution in [2.24, 2.45) is 5.73 Å². The maximum Gasteiger partial charge on any atom is 0.102 e. The van der Waals surface area contributed by atoms with Gasteiger partial charge in [-0.3, -0.25) is 0 Å². The fraction of sp³-hybridized carbons (Fsp3) is 0.300. The van der Waals surface area contributed by atoms with E-state index >= 15 is 0 Å². The van der Waals surface area contributed by atoms with Gasteiger partial charge in [-0.25, -0.2) is 0 Å². The molecule has 68 valence electrons. The number of hydrogen-bond acceptors (Lipinski definition) is 3. The minimum absolute atomic E-state index is 0.548. The Morgan fingerprint density at radius 2 is 2.00 bits per heavy atom. The van der Waals surface area contributed by atoms with Gasteiger partial charge >= 0.3 is 0 Å². The van der Waals surface area contributed by atoms with E-state index in [1.54, 1.807) is 12.1 Å². The second kappa shape index (κ2) is 4.61. The minimum atomic E-state index is -0.754. The molecule has 3 heteroatoms. The Morgan fingerprint density at radius 1 is 1.38 bits per heavy atom. The summed E-state index contributed by atoms with van der Waals surface area (Å²) in [6.07, 6.45) is 0.533. The molecule has 13 heavy (non-hydrogen) atoms. The molecular weight excluding hydrogens is 164 g/mol. The molecule has 0 spiro atoms. The van der Waals surface area contributed by atoms with Crippen molar-refractivity contribution < 1.29 is 5.11 Å². The molecule has 0 amide bonds. The molecule has 1 aromatic rings. The highest BCUT2D eigenvalue weighted by atomic mass is 16.3. The third-order valence-corrected chi connectivity index (χ3v) is 1.81. The van der Waals surface area contributed by atoms with Crippen LogP contribution in [0.2, 0.25) is 0 Å². The molecule has 0 heterocycles. The van der Waals surface area contributed by atoms with Gasteiger partial charge in [-0.05, 0) is 30.5 Å². The summed E-state index contributed by atoms with van der Waals surface area (Å²) in [6.45, 7) is 0. The van der Waals surface area contributed by atoms with Gasteiger partial charge in [0.15, 0.2) is 0 Å². The van der Waals surface area contributed by atoms with Crippen molar-refractivity contribution in [3.05, 3.63) is 35.4 Å². The summed E-state index contributed by atoms with van der Waals surface area (Å²) in [5, 5.41) is 17.4. The molecule has 3 nitrogen and oxygen atoms in total. The van der Waals surface area contributed by atoms with E-state index in [4.69, 9.17) is 16.1 Å². The SMILES string of the molecule is N#Cc1ccc(CCC(N)O)cc1. The maximum atomic E-state index is 8.84. The van der Waals surface area contributed by atoms with Gasteiger partial charge in [-0.1, -0.05) is 12.1 Å². The average molecular weight is 176 g/mol. The number of aliphatic hydroxyl groups excluding tert-OH is 1. The van der Waals surface area contributed by atoms with E-state index in [9.17, 15) is 0 Å². The van der Waals surface area contributed by atoms with Crippen molar-refractivity contribution in [1.29, 1.82) is 5.26 Å². The van der Waals surface area contributed by atoms with E-state index < -0.39 is 6.23 Å². The summed E-state index contributed by atoms with van der Waals surface area (Å²) in [6, 6.07) is 9.32. The van der Waals surface area contributed by atoms with Crippen molar-refractivity contribution >= 4 is 0 Å². The van der Waals surface area contributed by atoms with Gasteiger partial charge in [0.05, 0.1) is 11.6 Å². The zero-order chi connectivity index (χ0) is 9.68. The highest BCUT2D eigenvalue weighted by Gasteiger charge is 1.97. The van der Waals surface area contributed by atoms with Gasteiger partial charge in [-0.15, -0.1) is 0 Å². The van der Waals surface area contributed by atoms with Gasteiger partial charge in [0.1, 0.15) is 6.23 Å². The lowest BCUT2D eigenvalue weighted by atomic mass is 10.1. The summed E-state index contributed by atoms with van der Waals surface area (Å²) in [4.78, 5) is 0. The Morgan fingerprint density at radius 3 is 2.46 bits per heavy atom. The number of hydrogen-bond donors (Lipinski definition) is 2. The number of nitriles is 1. The van der Waals surface area contributed by atoms with Crippen LogP contribution in [0.1, 0.15) is 17.5 Å². The van der Waals surface area contributed by atoms with E-state index in [0.29, 0.717) is 12.0 Å². The van der Waals surface area contributed by atoms with Crippen LogP contribution in [0.5, 0.6) is 0 Å². The molecule has 0 saturated carbocycles. The van der Waals surface area contributed by atoms with Crippen LogP contribution < -0.4 is 5.73 Å². The Bertz CT molecular complexity index is 298. The molecule has 0 aliphatic rings. The van der Waals surface area contributed by atoms with Gasteiger partial charge in [-0.2, -0.15) is 5.26 Å². The highest BCUT2D eigenvalue weighted by Crippen LogP contribution is 2.06. The normalized spacial score (nSPS) is 12.1. The Balaban J connectivity index is 2.55. The minimum Gasteiger partial charge on any atom is -0.379 e. The second-order valence-electron chi connectivity index (χ2n) is 2.91. The first-order chi connectivity index (χ1) is 6.22. The van der Waals surface area contributed by atoms with Crippen LogP contribution >= 0.6 is 0 Å². The fourth-order valence-corrected chi connectivity index (χ4v) is 1.06. The number of nitrogens with two attached hydrogens (primary N) is 1. The first kappa shape index (κ1) is 9.72. The van der Waals surface area contributed by atoms with Crippen LogP contribution in [0, 0.1) is 11.3 Å². The highest BCUT2D eigenvalue weighted by molar-refractivity contribution is 5.31. The number of rotatable bonds is 3. The Kier molecular flexibility index (Phi) is 3.44. The van der Waals surface area contributed by atoms with Crippen LogP contribution in [0.4, 0.5) is 0 Å². The summed E-state index contributed by atoms with van der Waals surface area (Å²) < 4.78 is 0. The van der Waals surface area contributed by atoms with E-state index in [0.717, 1.165) is 12.0 Å². The molecule has 0 radical (unpaired) electrons. The predicted molar refractivity (Wildman–Crippen MR) is 49.7 cm³/mol. The van der Waals surface area contributed by atoms with E-state index in [1.807, 2.05) is 18.2 Å². The van der Waals surface area contributed by atoms with Gasteiger partial charge in [0.25, 0.3) is 0 Å². The van der Waals surface area contributed by atoms with Gasteiger partial charge in [0.2, 0.25) is 0 Å². The Labute approximate surface area is 77.4 Å². The maximum absolute atomic E-state index is 8.84. The fourth-order valence-electron chi connectivity index (χ4n) is 1.06. The van der Waals surface area contributed by atoms with E-state index in [2.05, 4.69) is 0 Å². The molecule has 0 aliphatic heterocycles. The first-order valence-electron chi connectivity index (χ1n) is 4.15. The molecule has 3 N–H and O–H groups in total. The van der Waals surface area contributed by atoms with Gasteiger partial charge in [0, 0.05) is 0 Å². The monoisotopic (exact) mass is 176 g/mol. The molecular formula is C10H12N2O. The topological polar surface area (TPSA) is 70.0 Å². The molecule has 0 fully saturated rings. The summed E-state index contributed by atoms with van der Waals surface area (Å²) in [5.41, 5.74) is 6.94. The van der Waals surface area contributed by atoms with Crippen LogP contribution in [-0.4, -0.2) is 11.3 Å². The van der Waals surface area contributed by atoms with Crippen molar-refractivity contribution in [1.82, 2.24) is 0 Å². The predicted octanol–water partition coefficient (Wildman–Crippen LogP) is 0.768. The zero-order valence-electron chi connectivity index (χ0n) is 7.27. The van der Waals surface area contributed by atoms with E-state index in [-0.39, 0.29) is 0 Å². The molecule has 1 aromatic carbocycles. The third-order valence-electron chi connectivity index (χ3n) is 1.81. The quantitative estimate of drug-likeness (QED) is 0.668. The number of aliphatic hydroxyl groups is 1. The molecule has 1 rings (SSSR count). The van der Waals surface area contributed by atoms with E-state index in [1.165, 1.54) is 0 Å². The standard InChI is InChI=1S/C10H12N2O/c11-7-9-3-1-8(2-4-9)5-6-10(12)13/h1-4,10,13H,5-6,12H2. The largest absolute Gasteiger partial charge is 0.379 e. The van der Waals surface area contributed by atoms with Crippen molar-refractivity contribution in [2.75, 3.05) is 0 Å². The Hall–Kier alpha value is -1.37. The van der Waals surface area contributed by atoms with Crippen molar-refractivity contribution in [3.8, 4) is 6.07 Å². The summed E-state index contributed by atoms with van der Waals surface area (Å²) in [7, 11) is 0. The van der Waals surface area contributed by atoms with Crippen LogP contribution in [-0.2, 0) is 6.42 Å². The van der Waals surface area contributed by atoms with Crippen molar-refractivity contribution in [2.45, 2.75) is 19.1 Å². The molecule has 0 saturated heterocycles. The molecule has 0 aliphatic carbocycles. The lowest BCUT2D eigenvalue weighted by Crippen LogP contribution is -2.19.